The zero-order chi connectivity index (χ0) is 23.1. The fraction of sp³-hybridized carbons (Fsp3) is 0.680. The van der Waals surface area contributed by atoms with E-state index in [0.29, 0.717) is 19.0 Å². The first-order chi connectivity index (χ1) is 15.4. The second-order valence-corrected chi connectivity index (χ2v) is 9.12. The number of hydrogen-bond acceptors (Lipinski definition) is 5. The van der Waals surface area contributed by atoms with Crippen LogP contribution < -0.4 is 10.1 Å². The largest absolute Gasteiger partial charge is 0.496 e. The molecule has 0 aliphatic carbocycles. The van der Waals surface area contributed by atoms with Crippen LogP contribution in [0.1, 0.15) is 48.8 Å². The Labute approximate surface area is 192 Å². The van der Waals surface area contributed by atoms with E-state index in [9.17, 15) is 9.59 Å². The van der Waals surface area contributed by atoms with Crippen molar-refractivity contribution in [1.29, 1.82) is 0 Å². The third-order valence-electron chi connectivity index (χ3n) is 7.18. The standard InChI is InChI=1S/C25H39N3O4/c1-18-19(2)23(32-4)8-7-21(18)17-28-14-11-26-25(30)22(28)16-24(29)27-12-9-20(10-13-27)6-5-15-31-3/h7-8,20,22H,5-6,9-17H2,1-4H3,(H,26,30). The lowest BCUT2D eigenvalue weighted by Gasteiger charge is -2.37. The number of piperazine rings is 1. The molecule has 1 N–H and O–H groups in total. The van der Waals surface area contributed by atoms with Crippen LogP contribution >= 0.6 is 0 Å². The van der Waals surface area contributed by atoms with E-state index in [2.05, 4.69) is 30.1 Å². The molecule has 1 unspecified atom stereocenters. The molecular formula is C25H39N3O4. The lowest BCUT2D eigenvalue weighted by Crippen LogP contribution is -2.56. The number of amides is 2. The quantitative estimate of drug-likeness (QED) is 0.592. The molecule has 7 nitrogen and oxygen atoms in total. The topological polar surface area (TPSA) is 71.1 Å². The maximum Gasteiger partial charge on any atom is 0.237 e. The highest BCUT2D eigenvalue weighted by atomic mass is 16.5. The summed E-state index contributed by atoms with van der Waals surface area (Å²) in [5, 5.41) is 2.95. The first-order valence-corrected chi connectivity index (χ1v) is 11.9. The maximum atomic E-state index is 13.1. The molecule has 32 heavy (non-hydrogen) atoms. The minimum Gasteiger partial charge on any atom is -0.496 e. The molecule has 2 heterocycles. The summed E-state index contributed by atoms with van der Waals surface area (Å²) in [6.45, 7) is 8.56. The molecule has 178 valence electrons. The number of nitrogens with zero attached hydrogens (tertiary/aromatic N) is 2. The summed E-state index contributed by atoms with van der Waals surface area (Å²) in [5.41, 5.74) is 3.47. The van der Waals surface area contributed by atoms with Crippen LogP contribution in [0.25, 0.3) is 0 Å². The summed E-state index contributed by atoms with van der Waals surface area (Å²) in [6.07, 6.45) is 4.57. The van der Waals surface area contributed by atoms with E-state index in [1.54, 1.807) is 14.2 Å². The molecule has 3 rings (SSSR count). The number of likely N-dealkylation sites (tertiary alicyclic amines) is 1. The molecule has 1 atom stereocenters. The van der Waals surface area contributed by atoms with Crippen molar-refractivity contribution >= 4 is 11.8 Å². The van der Waals surface area contributed by atoms with Crippen molar-refractivity contribution in [2.75, 3.05) is 47.0 Å². The van der Waals surface area contributed by atoms with E-state index in [0.717, 1.165) is 63.2 Å². The van der Waals surface area contributed by atoms with Crippen molar-refractivity contribution in [1.82, 2.24) is 15.1 Å². The van der Waals surface area contributed by atoms with Gasteiger partial charge < -0.3 is 19.7 Å². The average molecular weight is 446 g/mol. The van der Waals surface area contributed by atoms with Crippen molar-refractivity contribution in [3.05, 3.63) is 28.8 Å². The van der Waals surface area contributed by atoms with Crippen LogP contribution in [0.15, 0.2) is 12.1 Å². The van der Waals surface area contributed by atoms with Gasteiger partial charge in [-0.25, -0.2) is 0 Å². The highest BCUT2D eigenvalue weighted by Gasteiger charge is 2.34. The molecule has 1 aromatic carbocycles. The van der Waals surface area contributed by atoms with Gasteiger partial charge in [-0.3, -0.25) is 14.5 Å². The SMILES string of the molecule is COCCCC1CCN(C(=O)CC2C(=O)NCCN2Cc2ccc(OC)c(C)c2C)CC1. The minimum atomic E-state index is -0.419. The number of benzene rings is 1. The van der Waals surface area contributed by atoms with Gasteiger partial charge in [0.2, 0.25) is 11.8 Å². The molecule has 0 bridgehead atoms. The molecule has 0 spiro atoms. The van der Waals surface area contributed by atoms with Gasteiger partial charge in [0.05, 0.1) is 19.6 Å². The fourth-order valence-electron chi connectivity index (χ4n) is 4.92. The third kappa shape index (κ3) is 6.01. The Balaban J connectivity index is 1.60. The molecule has 2 aliphatic rings. The van der Waals surface area contributed by atoms with Gasteiger partial charge in [0.1, 0.15) is 5.75 Å². The van der Waals surface area contributed by atoms with Crippen molar-refractivity contribution in [3.8, 4) is 5.75 Å². The Morgan fingerprint density at radius 1 is 1.12 bits per heavy atom. The summed E-state index contributed by atoms with van der Waals surface area (Å²) in [5.74, 6) is 1.60. The molecule has 0 aromatic heterocycles. The van der Waals surface area contributed by atoms with Gasteiger partial charge >= 0.3 is 0 Å². The normalized spacial score (nSPS) is 20.3. The van der Waals surface area contributed by atoms with Crippen LogP contribution in [0, 0.1) is 19.8 Å². The Bertz CT molecular complexity index is 790. The van der Waals surface area contributed by atoms with E-state index in [4.69, 9.17) is 9.47 Å². The van der Waals surface area contributed by atoms with Crippen molar-refractivity contribution in [3.63, 3.8) is 0 Å². The summed E-state index contributed by atoms with van der Waals surface area (Å²) in [4.78, 5) is 29.9. The first kappa shape index (κ1) is 24.5. The van der Waals surface area contributed by atoms with E-state index in [1.165, 1.54) is 11.1 Å². The Hall–Kier alpha value is -2.12. The highest BCUT2D eigenvalue weighted by molar-refractivity contribution is 5.88. The molecule has 2 amide bonds. The smallest absolute Gasteiger partial charge is 0.237 e. The predicted molar refractivity (Wildman–Crippen MR) is 125 cm³/mol. The monoisotopic (exact) mass is 445 g/mol. The van der Waals surface area contributed by atoms with Gasteiger partial charge in [0, 0.05) is 46.4 Å². The summed E-state index contributed by atoms with van der Waals surface area (Å²) < 4.78 is 10.6. The Kier molecular flexibility index (Phi) is 8.93. The molecule has 0 radical (unpaired) electrons. The van der Waals surface area contributed by atoms with E-state index < -0.39 is 6.04 Å². The van der Waals surface area contributed by atoms with Gasteiger partial charge in [0.15, 0.2) is 0 Å². The van der Waals surface area contributed by atoms with Crippen LogP contribution in [0.5, 0.6) is 5.75 Å². The van der Waals surface area contributed by atoms with Gasteiger partial charge in [-0.1, -0.05) is 6.07 Å². The highest BCUT2D eigenvalue weighted by Crippen LogP contribution is 2.27. The van der Waals surface area contributed by atoms with Crippen LogP contribution in [-0.2, 0) is 20.9 Å². The number of carbonyl (C=O) groups excluding carboxylic acids is 2. The molecule has 7 heteroatoms. The van der Waals surface area contributed by atoms with E-state index >= 15 is 0 Å². The second kappa shape index (κ2) is 11.7. The Morgan fingerprint density at radius 2 is 1.88 bits per heavy atom. The molecule has 1 aromatic rings. The Morgan fingerprint density at radius 3 is 2.56 bits per heavy atom. The zero-order valence-electron chi connectivity index (χ0n) is 20.1. The average Bonchev–Trinajstić information content (AvgIpc) is 2.80. The van der Waals surface area contributed by atoms with Gasteiger partial charge in [0.25, 0.3) is 0 Å². The van der Waals surface area contributed by atoms with E-state index in [1.807, 2.05) is 11.0 Å². The van der Waals surface area contributed by atoms with Gasteiger partial charge in [-0.05, 0) is 68.2 Å². The second-order valence-electron chi connectivity index (χ2n) is 9.12. The molecule has 2 fully saturated rings. The first-order valence-electron chi connectivity index (χ1n) is 11.9. The fourth-order valence-corrected chi connectivity index (χ4v) is 4.92. The molecule has 0 saturated carbocycles. The van der Waals surface area contributed by atoms with Crippen LogP contribution in [0.3, 0.4) is 0 Å². The number of methoxy groups -OCH3 is 2. The lowest BCUT2D eigenvalue weighted by molar-refractivity contribution is -0.140. The number of piperidine rings is 1. The minimum absolute atomic E-state index is 0.0399. The van der Waals surface area contributed by atoms with Crippen LogP contribution in [0.2, 0.25) is 0 Å². The summed E-state index contributed by atoms with van der Waals surface area (Å²) in [7, 11) is 3.42. The predicted octanol–water partition coefficient (Wildman–Crippen LogP) is 2.67. The van der Waals surface area contributed by atoms with Crippen molar-refractivity contribution in [2.45, 2.75) is 58.5 Å². The number of carbonyl (C=O) groups is 2. The number of ether oxygens (including phenoxy) is 2. The molecule has 2 aliphatic heterocycles. The van der Waals surface area contributed by atoms with Crippen molar-refractivity contribution < 1.29 is 19.1 Å². The third-order valence-corrected chi connectivity index (χ3v) is 7.18. The van der Waals surface area contributed by atoms with Crippen LogP contribution in [0.4, 0.5) is 0 Å². The zero-order valence-corrected chi connectivity index (χ0v) is 20.1. The van der Waals surface area contributed by atoms with Gasteiger partial charge in [-0.15, -0.1) is 0 Å². The summed E-state index contributed by atoms with van der Waals surface area (Å²) in [6, 6.07) is 3.64. The number of hydrogen-bond donors (Lipinski definition) is 1. The maximum absolute atomic E-state index is 13.1. The molecular weight excluding hydrogens is 406 g/mol. The number of rotatable bonds is 9. The lowest BCUT2D eigenvalue weighted by atomic mass is 9.92. The number of nitrogens with one attached hydrogen (secondary N) is 1. The van der Waals surface area contributed by atoms with Gasteiger partial charge in [-0.2, -0.15) is 0 Å². The van der Waals surface area contributed by atoms with E-state index in [-0.39, 0.29) is 18.2 Å². The molecule has 2 saturated heterocycles. The van der Waals surface area contributed by atoms with Crippen molar-refractivity contribution in [2.24, 2.45) is 5.92 Å². The van der Waals surface area contributed by atoms with Crippen LogP contribution in [-0.4, -0.2) is 74.7 Å². The summed E-state index contributed by atoms with van der Waals surface area (Å²) >= 11 is 0.